The molecule has 0 saturated heterocycles. The Kier molecular flexibility index (Phi) is 5.83. The highest BCUT2D eigenvalue weighted by Crippen LogP contribution is 2.31. The Morgan fingerprint density at radius 3 is 2.67 bits per heavy atom. The molecule has 2 unspecified atom stereocenters. The summed E-state index contributed by atoms with van der Waals surface area (Å²) in [6.45, 7) is 10.8. The van der Waals surface area contributed by atoms with Crippen LogP contribution < -0.4 is 15.5 Å². The van der Waals surface area contributed by atoms with Gasteiger partial charge in [-0.05, 0) is 45.1 Å². The highest BCUT2D eigenvalue weighted by Gasteiger charge is 2.27. The predicted octanol–water partition coefficient (Wildman–Crippen LogP) is 1.92. The lowest BCUT2D eigenvalue weighted by molar-refractivity contribution is -0.117. The lowest BCUT2D eigenvalue weighted by Crippen LogP contribution is -2.44. The maximum atomic E-state index is 12.5. The number of rotatable bonds is 6. The van der Waals surface area contributed by atoms with Gasteiger partial charge in [0.2, 0.25) is 5.91 Å². The Labute approximate surface area is 144 Å². The summed E-state index contributed by atoms with van der Waals surface area (Å²) in [4.78, 5) is 28.6. The van der Waals surface area contributed by atoms with Crippen molar-refractivity contribution in [1.82, 2.24) is 10.2 Å². The number of hydrogen-bond donors (Lipinski definition) is 2. The van der Waals surface area contributed by atoms with Gasteiger partial charge in [-0.3, -0.25) is 9.59 Å². The smallest absolute Gasteiger partial charge is 0.251 e. The highest BCUT2D eigenvalue weighted by molar-refractivity contribution is 6.05. The molecule has 1 aliphatic heterocycles. The second-order valence-corrected chi connectivity index (χ2v) is 6.37. The van der Waals surface area contributed by atoms with Crippen LogP contribution in [0.2, 0.25) is 0 Å². The number of fused-ring (bicyclic) bond motifs is 1. The third-order valence-electron chi connectivity index (χ3n) is 4.66. The molecule has 1 heterocycles. The van der Waals surface area contributed by atoms with Crippen LogP contribution in [0.15, 0.2) is 18.2 Å². The van der Waals surface area contributed by atoms with Crippen molar-refractivity contribution in [3.05, 3.63) is 23.8 Å². The van der Waals surface area contributed by atoms with Gasteiger partial charge >= 0.3 is 0 Å². The molecule has 0 aliphatic carbocycles. The number of nitrogens with one attached hydrogen (secondary N) is 2. The Balaban J connectivity index is 2.09. The summed E-state index contributed by atoms with van der Waals surface area (Å²) in [5.74, 6) is -0.176. The first-order valence-corrected chi connectivity index (χ1v) is 8.58. The van der Waals surface area contributed by atoms with Crippen LogP contribution in [0.25, 0.3) is 0 Å². The van der Waals surface area contributed by atoms with Crippen LogP contribution >= 0.6 is 0 Å². The van der Waals surface area contributed by atoms with Gasteiger partial charge in [0, 0.05) is 25.2 Å². The van der Waals surface area contributed by atoms with E-state index in [9.17, 15) is 9.59 Å². The first kappa shape index (κ1) is 18.3. The number of benzene rings is 1. The lowest BCUT2D eigenvalue weighted by atomic mass is 10.1. The van der Waals surface area contributed by atoms with E-state index in [2.05, 4.69) is 29.4 Å². The van der Waals surface area contributed by atoms with Crippen LogP contribution in [0.5, 0.6) is 0 Å². The van der Waals surface area contributed by atoms with Crippen molar-refractivity contribution in [2.45, 2.75) is 39.8 Å². The normalized spacial score (nSPS) is 18.2. The van der Waals surface area contributed by atoms with Crippen molar-refractivity contribution in [1.29, 1.82) is 0 Å². The molecule has 0 radical (unpaired) electrons. The minimum absolute atomic E-state index is 0.0579. The van der Waals surface area contributed by atoms with Gasteiger partial charge < -0.3 is 20.4 Å². The zero-order valence-corrected chi connectivity index (χ0v) is 15.2. The summed E-state index contributed by atoms with van der Waals surface area (Å²) in [5.41, 5.74) is 2.17. The predicted molar refractivity (Wildman–Crippen MR) is 97.7 cm³/mol. The standard InChI is InChI=1S/C18H28N4O2/c1-6-22(7-2)11-12(3)19-18(24)14-8-9-16-15(10-14)20-17(23)13(4)21(16)5/h8-10,12-13H,6-7,11H2,1-5H3,(H,19,24)(H,20,23). The minimum atomic E-state index is -0.216. The second-order valence-electron chi connectivity index (χ2n) is 6.37. The molecule has 0 bridgehead atoms. The summed E-state index contributed by atoms with van der Waals surface area (Å²) in [6, 6.07) is 5.28. The fourth-order valence-electron chi connectivity index (χ4n) is 2.93. The van der Waals surface area contributed by atoms with Gasteiger partial charge in [0.25, 0.3) is 5.91 Å². The Hall–Kier alpha value is -2.08. The van der Waals surface area contributed by atoms with E-state index in [-0.39, 0.29) is 23.9 Å². The van der Waals surface area contributed by atoms with Crippen molar-refractivity contribution < 1.29 is 9.59 Å². The molecule has 1 aromatic carbocycles. The molecule has 0 fully saturated rings. The monoisotopic (exact) mass is 332 g/mol. The Morgan fingerprint density at radius 1 is 1.38 bits per heavy atom. The minimum Gasteiger partial charge on any atom is -0.361 e. The zero-order chi connectivity index (χ0) is 17.9. The van der Waals surface area contributed by atoms with E-state index >= 15 is 0 Å². The van der Waals surface area contributed by atoms with E-state index < -0.39 is 0 Å². The molecule has 6 heteroatoms. The molecule has 0 aromatic heterocycles. The van der Waals surface area contributed by atoms with E-state index in [1.165, 1.54) is 0 Å². The van der Waals surface area contributed by atoms with Gasteiger partial charge in [0.1, 0.15) is 6.04 Å². The molecule has 2 atom stereocenters. The topological polar surface area (TPSA) is 64.7 Å². The molecular formula is C18H28N4O2. The summed E-state index contributed by atoms with van der Waals surface area (Å²) in [6.07, 6.45) is 0. The molecule has 0 spiro atoms. The van der Waals surface area contributed by atoms with Crippen LogP contribution in [-0.4, -0.2) is 55.5 Å². The van der Waals surface area contributed by atoms with Gasteiger partial charge in [0.05, 0.1) is 11.4 Å². The van der Waals surface area contributed by atoms with Crippen LogP contribution in [0.1, 0.15) is 38.1 Å². The SMILES string of the molecule is CCN(CC)CC(C)NC(=O)c1ccc2c(c1)NC(=O)C(C)N2C. The average molecular weight is 332 g/mol. The van der Waals surface area contributed by atoms with E-state index in [0.29, 0.717) is 11.3 Å². The molecule has 24 heavy (non-hydrogen) atoms. The zero-order valence-electron chi connectivity index (χ0n) is 15.2. The quantitative estimate of drug-likeness (QED) is 0.835. The number of carbonyl (C=O) groups excluding carboxylic acids is 2. The largest absolute Gasteiger partial charge is 0.361 e. The Morgan fingerprint density at radius 2 is 2.04 bits per heavy atom. The van der Waals surface area contributed by atoms with Crippen LogP contribution in [0, 0.1) is 0 Å². The van der Waals surface area contributed by atoms with Crippen LogP contribution in [-0.2, 0) is 4.79 Å². The molecular weight excluding hydrogens is 304 g/mol. The first-order chi connectivity index (χ1) is 11.4. The molecule has 6 nitrogen and oxygen atoms in total. The van der Waals surface area contributed by atoms with E-state index in [0.717, 1.165) is 25.3 Å². The third kappa shape index (κ3) is 3.87. The van der Waals surface area contributed by atoms with Crippen LogP contribution in [0.3, 0.4) is 0 Å². The molecule has 2 rings (SSSR count). The fraction of sp³-hybridized carbons (Fsp3) is 0.556. The first-order valence-electron chi connectivity index (χ1n) is 8.58. The van der Waals surface area contributed by atoms with Crippen molar-refractivity contribution in [2.24, 2.45) is 0 Å². The average Bonchev–Trinajstić information content (AvgIpc) is 2.57. The van der Waals surface area contributed by atoms with Crippen LogP contribution in [0.4, 0.5) is 11.4 Å². The number of amides is 2. The van der Waals surface area contributed by atoms with E-state index in [1.807, 2.05) is 31.9 Å². The third-order valence-corrected chi connectivity index (χ3v) is 4.66. The van der Waals surface area contributed by atoms with Gasteiger partial charge in [0.15, 0.2) is 0 Å². The van der Waals surface area contributed by atoms with Crippen molar-refractivity contribution in [3.8, 4) is 0 Å². The molecule has 2 amide bonds. The van der Waals surface area contributed by atoms with Gasteiger partial charge in [-0.25, -0.2) is 0 Å². The number of nitrogens with zero attached hydrogens (tertiary/aromatic N) is 2. The number of carbonyl (C=O) groups is 2. The fourth-order valence-corrected chi connectivity index (χ4v) is 2.93. The van der Waals surface area contributed by atoms with Crippen molar-refractivity contribution in [3.63, 3.8) is 0 Å². The van der Waals surface area contributed by atoms with E-state index in [1.54, 1.807) is 12.1 Å². The van der Waals surface area contributed by atoms with Gasteiger partial charge in [-0.2, -0.15) is 0 Å². The number of anilines is 2. The molecule has 1 aliphatic rings. The summed E-state index contributed by atoms with van der Waals surface area (Å²) < 4.78 is 0. The summed E-state index contributed by atoms with van der Waals surface area (Å²) in [7, 11) is 1.88. The van der Waals surface area contributed by atoms with E-state index in [4.69, 9.17) is 0 Å². The number of hydrogen-bond acceptors (Lipinski definition) is 4. The Bertz CT molecular complexity index is 613. The van der Waals surface area contributed by atoms with Crippen molar-refractivity contribution >= 4 is 23.2 Å². The highest BCUT2D eigenvalue weighted by atomic mass is 16.2. The van der Waals surface area contributed by atoms with Gasteiger partial charge in [-0.1, -0.05) is 13.8 Å². The second kappa shape index (κ2) is 7.66. The maximum Gasteiger partial charge on any atom is 0.251 e. The molecule has 1 aromatic rings. The summed E-state index contributed by atoms with van der Waals surface area (Å²) >= 11 is 0. The summed E-state index contributed by atoms with van der Waals surface area (Å²) in [5, 5.41) is 5.90. The molecule has 2 N–H and O–H groups in total. The maximum absolute atomic E-state index is 12.5. The lowest BCUT2D eigenvalue weighted by Gasteiger charge is -2.33. The van der Waals surface area contributed by atoms with Crippen molar-refractivity contribution in [2.75, 3.05) is 36.9 Å². The molecule has 0 saturated carbocycles. The molecule has 132 valence electrons. The van der Waals surface area contributed by atoms with Gasteiger partial charge in [-0.15, -0.1) is 0 Å². The number of likely N-dealkylation sites (N-methyl/N-ethyl adjacent to an activating group) is 2.